The number of rotatable bonds is 8. The average Bonchev–Trinajstić information content (AvgIpc) is 2.89. The van der Waals surface area contributed by atoms with Crippen molar-refractivity contribution in [1.29, 1.82) is 0 Å². The molecule has 1 atom stereocenters. The largest absolute Gasteiger partial charge is 0.491 e. The van der Waals surface area contributed by atoms with Crippen LogP contribution in [0, 0.1) is 10.1 Å². The molecule has 1 N–H and O–H groups in total. The lowest BCUT2D eigenvalue weighted by Crippen LogP contribution is -2.48. The van der Waals surface area contributed by atoms with Gasteiger partial charge in [0.25, 0.3) is 11.6 Å². The van der Waals surface area contributed by atoms with Crippen LogP contribution in [0.3, 0.4) is 0 Å². The van der Waals surface area contributed by atoms with Crippen molar-refractivity contribution in [2.75, 3.05) is 36.4 Å². The molecule has 0 aliphatic carbocycles. The highest BCUT2D eigenvalue weighted by molar-refractivity contribution is 5.94. The fraction of sp³-hybridized carbons (Fsp3) is 0.321. The Morgan fingerprint density at radius 1 is 0.944 bits per heavy atom. The maximum atomic E-state index is 13.0. The van der Waals surface area contributed by atoms with Crippen molar-refractivity contribution >= 4 is 23.0 Å². The van der Waals surface area contributed by atoms with Crippen LogP contribution in [0.5, 0.6) is 5.75 Å². The molecule has 0 radical (unpaired) electrons. The van der Waals surface area contributed by atoms with Crippen molar-refractivity contribution in [3.8, 4) is 5.75 Å². The van der Waals surface area contributed by atoms with E-state index in [2.05, 4.69) is 10.2 Å². The van der Waals surface area contributed by atoms with E-state index in [1.54, 1.807) is 24.3 Å². The molecule has 1 fully saturated rings. The highest BCUT2D eigenvalue weighted by Gasteiger charge is 2.24. The minimum atomic E-state index is -0.363. The third-order valence-corrected chi connectivity index (χ3v) is 6.25. The van der Waals surface area contributed by atoms with Gasteiger partial charge in [0.05, 0.1) is 11.0 Å². The number of anilines is 2. The van der Waals surface area contributed by atoms with Crippen molar-refractivity contribution in [2.24, 2.45) is 0 Å². The van der Waals surface area contributed by atoms with Gasteiger partial charge in [-0.05, 0) is 62.7 Å². The molecule has 1 aliphatic rings. The van der Waals surface area contributed by atoms with E-state index < -0.39 is 0 Å². The molecule has 1 aliphatic heterocycles. The maximum absolute atomic E-state index is 13.0. The first kappa shape index (κ1) is 25.0. The summed E-state index contributed by atoms with van der Waals surface area (Å²) in [4.78, 5) is 28.3. The van der Waals surface area contributed by atoms with Gasteiger partial charge in [-0.25, -0.2) is 0 Å². The highest BCUT2D eigenvalue weighted by Crippen LogP contribution is 2.33. The zero-order valence-electron chi connectivity index (χ0n) is 20.9. The predicted molar refractivity (Wildman–Crippen MR) is 142 cm³/mol. The standard InChI is InChI=1S/C28H32N4O4/c1-20(2)36-25-12-9-23(10-13-25)28(33)31-17-15-30(16-18-31)24-11-14-27(32(34)35)26(19-24)29-21(3)22-7-5-4-6-8-22/h4-14,19-21,29H,15-18H2,1-3H3/t21-/m0/s1. The quantitative estimate of drug-likeness (QED) is 0.332. The van der Waals surface area contributed by atoms with Gasteiger partial charge in [-0.3, -0.25) is 14.9 Å². The summed E-state index contributed by atoms with van der Waals surface area (Å²) in [5, 5.41) is 15.0. The normalized spacial score (nSPS) is 14.4. The Morgan fingerprint density at radius 2 is 1.61 bits per heavy atom. The maximum Gasteiger partial charge on any atom is 0.292 e. The Morgan fingerprint density at radius 3 is 2.22 bits per heavy atom. The number of amides is 1. The first-order valence-electron chi connectivity index (χ1n) is 12.2. The Hall–Kier alpha value is -4.07. The lowest BCUT2D eigenvalue weighted by atomic mass is 10.1. The summed E-state index contributed by atoms with van der Waals surface area (Å²) in [6.07, 6.45) is 0.0799. The molecule has 0 aromatic heterocycles. The third-order valence-electron chi connectivity index (χ3n) is 6.25. The van der Waals surface area contributed by atoms with Crippen molar-refractivity contribution in [3.63, 3.8) is 0 Å². The Labute approximate surface area is 211 Å². The van der Waals surface area contributed by atoms with Crippen molar-refractivity contribution in [1.82, 2.24) is 4.90 Å². The number of piperazine rings is 1. The second-order valence-electron chi connectivity index (χ2n) is 9.21. The molecule has 36 heavy (non-hydrogen) atoms. The van der Waals surface area contributed by atoms with E-state index in [0.29, 0.717) is 37.4 Å². The summed E-state index contributed by atoms with van der Waals surface area (Å²) in [5.41, 5.74) is 3.10. The van der Waals surface area contributed by atoms with Crippen molar-refractivity contribution < 1.29 is 14.5 Å². The molecular weight excluding hydrogens is 456 g/mol. The lowest BCUT2D eigenvalue weighted by molar-refractivity contribution is -0.384. The molecule has 3 aromatic rings. The fourth-order valence-electron chi connectivity index (χ4n) is 4.35. The van der Waals surface area contributed by atoms with Crippen LogP contribution in [0.15, 0.2) is 72.8 Å². The summed E-state index contributed by atoms with van der Waals surface area (Å²) in [6.45, 7) is 8.35. The second-order valence-corrected chi connectivity index (χ2v) is 9.21. The minimum absolute atomic E-state index is 0.00603. The van der Waals surface area contributed by atoms with Gasteiger partial charge in [0.2, 0.25) is 0 Å². The van der Waals surface area contributed by atoms with Crippen LogP contribution in [-0.4, -0.2) is 48.0 Å². The summed E-state index contributed by atoms with van der Waals surface area (Å²) in [7, 11) is 0. The molecule has 0 unspecified atom stereocenters. The summed E-state index contributed by atoms with van der Waals surface area (Å²) < 4.78 is 5.66. The monoisotopic (exact) mass is 488 g/mol. The number of nitro groups is 1. The molecule has 3 aromatic carbocycles. The molecule has 4 rings (SSSR count). The van der Waals surface area contributed by atoms with E-state index in [4.69, 9.17) is 4.74 Å². The first-order chi connectivity index (χ1) is 17.3. The van der Waals surface area contributed by atoms with Crippen LogP contribution >= 0.6 is 0 Å². The van der Waals surface area contributed by atoms with Gasteiger partial charge < -0.3 is 19.9 Å². The van der Waals surface area contributed by atoms with Gasteiger partial charge in [-0.2, -0.15) is 0 Å². The Balaban J connectivity index is 1.42. The summed E-state index contributed by atoms with van der Waals surface area (Å²) >= 11 is 0. The van der Waals surface area contributed by atoms with Crippen LogP contribution in [-0.2, 0) is 0 Å². The second kappa shape index (κ2) is 11.1. The number of nitrogens with one attached hydrogen (secondary N) is 1. The van der Waals surface area contributed by atoms with E-state index in [1.165, 1.54) is 0 Å². The van der Waals surface area contributed by atoms with E-state index in [1.807, 2.05) is 74.2 Å². The van der Waals surface area contributed by atoms with Crippen molar-refractivity contribution in [3.05, 3.63) is 94.0 Å². The Bertz CT molecular complexity index is 1190. The van der Waals surface area contributed by atoms with E-state index in [0.717, 1.165) is 17.0 Å². The van der Waals surface area contributed by atoms with Gasteiger partial charge in [0, 0.05) is 49.5 Å². The van der Waals surface area contributed by atoms with Crippen LogP contribution in [0.1, 0.15) is 42.7 Å². The summed E-state index contributed by atoms with van der Waals surface area (Å²) in [6, 6.07) is 22.2. The molecule has 8 nitrogen and oxygen atoms in total. The van der Waals surface area contributed by atoms with Crippen LogP contribution in [0.25, 0.3) is 0 Å². The van der Waals surface area contributed by atoms with Gasteiger partial charge in [-0.1, -0.05) is 30.3 Å². The number of nitro benzene ring substituents is 1. The van der Waals surface area contributed by atoms with Crippen LogP contribution in [0.4, 0.5) is 17.1 Å². The van der Waals surface area contributed by atoms with E-state index in [9.17, 15) is 14.9 Å². The molecule has 1 saturated heterocycles. The molecule has 1 heterocycles. The number of nitrogens with zero attached hydrogens (tertiary/aromatic N) is 3. The molecule has 0 saturated carbocycles. The third kappa shape index (κ3) is 5.94. The molecule has 188 valence electrons. The molecule has 1 amide bonds. The minimum Gasteiger partial charge on any atom is -0.491 e. The molecule has 0 spiro atoms. The van der Waals surface area contributed by atoms with Crippen molar-refractivity contribution in [2.45, 2.75) is 32.9 Å². The number of benzene rings is 3. The van der Waals surface area contributed by atoms with Crippen LogP contribution < -0.4 is 15.0 Å². The number of carbonyl (C=O) groups excluding carboxylic acids is 1. The number of ether oxygens (including phenoxy) is 1. The topological polar surface area (TPSA) is 88.0 Å². The predicted octanol–water partition coefficient (Wildman–Crippen LogP) is 5.52. The fourth-order valence-corrected chi connectivity index (χ4v) is 4.35. The zero-order valence-corrected chi connectivity index (χ0v) is 20.9. The zero-order chi connectivity index (χ0) is 25.7. The Kier molecular flexibility index (Phi) is 7.73. The van der Waals surface area contributed by atoms with Crippen LogP contribution in [0.2, 0.25) is 0 Å². The number of hydrogen-bond acceptors (Lipinski definition) is 6. The first-order valence-corrected chi connectivity index (χ1v) is 12.2. The van der Waals surface area contributed by atoms with Gasteiger partial charge in [0.15, 0.2) is 0 Å². The van der Waals surface area contributed by atoms with Gasteiger partial charge in [-0.15, -0.1) is 0 Å². The van der Waals surface area contributed by atoms with Gasteiger partial charge in [0.1, 0.15) is 11.4 Å². The van der Waals surface area contributed by atoms with E-state index in [-0.39, 0.29) is 28.7 Å². The molecule has 8 heteroatoms. The SMILES string of the molecule is CC(C)Oc1ccc(C(=O)N2CCN(c3ccc([N+](=O)[O-])c(N[C@@H](C)c4ccccc4)c3)CC2)cc1. The lowest BCUT2D eigenvalue weighted by Gasteiger charge is -2.36. The van der Waals surface area contributed by atoms with E-state index >= 15 is 0 Å². The number of carbonyl (C=O) groups is 1. The molecule has 0 bridgehead atoms. The highest BCUT2D eigenvalue weighted by atomic mass is 16.6. The number of hydrogen-bond donors (Lipinski definition) is 1. The van der Waals surface area contributed by atoms with Gasteiger partial charge >= 0.3 is 0 Å². The smallest absolute Gasteiger partial charge is 0.292 e. The summed E-state index contributed by atoms with van der Waals surface area (Å²) in [5.74, 6) is 0.740. The average molecular weight is 489 g/mol. The molecular formula is C28H32N4O4.